The summed E-state index contributed by atoms with van der Waals surface area (Å²) in [6.45, 7) is 0. The maximum absolute atomic E-state index is 4.26. The van der Waals surface area contributed by atoms with E-state index in [0.29, 0.717) is 0 Å². The van der Waals surface area contributed by atoms with Gasteiger partial charge in [0.1, 0.15) is 15.8 Å². The molecule has 0 aliphatic heterocycles. The van der Waals surface area contributed by atoms with Gasteiger partial charge in [-0.3, -0.25) is 0 Å². The van der Waals surface area contributed by atoms with Crippen molar-refractivity contribution in [2.75, 3.05) is 5.32 Å². The molecule has 1 heterocycles. The number of aryl methyl sites for hydroxylation is 1. The van der Waals surface area contributed by atoms with Gasteiger partial charge in [0.15, 0.2) is 0 Å². The molecule has 0 bridgehead atoms. The first-order valence-electron chi connectivity index (χ1n) is 6.18. The van der Waals surface area contributed by atoms with E-state index in [9.17, 15) is 0 Å². The van der Waals surface area contributed by atoms with E-state index in [1.807, 2.05) is 6.07 Å². The average molecular weight is 351 g/mol. The quantitative estimate of drug-likeness (QED) is 0.662. The van der Waals surface area contributed by atoms with Gasteiger partial charge in [0.25, 0.3) is 0 Å². The molecule has 1 aliphatic carbocycles. The number of hydrogen-bond donors (Lipinski definition) is 1. The fraction of sp³-hybridized carbons (Fsp3) is 0.286. The summed E-state index contributed by atoms with van der Waals surface area (Å²) in [6.07, 6.45) is 6.56. The normalized spacial score (nSPS) is 14.1. The number of nitrogens with zero attached hydrogens (tertiary/aromatic N) is 2. The molecule has 0 unspecified atom stereocenters. The highest BCUT2D eigenvalue weighted by atomic mass is 127. The summed E-state index contributed by atoms with van der Waals surface area (Å²) in [4.78, 5) is 8.36. The molecule has 0 amide bonds. The van der Waals surface area contributed by atoms with E-state index in [1.165, 1.54) is 42.5 Å². The molecular weight excluding hydrogens is 337 g/mol. The lowest BCUT2D eigenvalue weighted by Gasteiger charge is -2.19. The highest BCUT2D eigenvalue weighted by molar-refractivity contribution is 14.1. The smallest absolute Gasteiger partial charge is 0.134 e. The van der Waals surface area contributed by atoms with E-state index in [2.05, 4.69) is 56.1 Å². The Hall–Kier alpha value is -1.17. The molecule has 0 saturated heterocycles. The van der Waals surface area contributed by atoms with Crippen molar-refractivity contribution < 1.29 is 0 Å². The standard InChI is InChI=1S/C14H14IN3/c15-13-8-14(17-9-16-13)18-12-7-3-5-10-4-1-2-6-11(10)12/h3,5,7-9H,1-2,4,6H2,(H,16,17,18). The van der Waals surface area contributed by atoms with Gasteiger partial charge < -0.3 is 5.32 Å². The Morgan fingerprint density at radius 2 is 2.00 bits per heavy atom. The molecule has 0 saturated carbocycles. The van der Waals surface area contributed by atoms with Crippen LogP contribution in [-0.2, 0) is 12.8 Å². The third-order valence-corrected chi connectivity index (χ3v) is 3.88. The van der Waals surface area contributed by atoms with Crippen molar-refractivity contribution in [1.82, 2.24) is 9.97 Å². The van der Waals surface area contributed by atoms with Gasteiger partial charge in [0.2, 0.25) is 0 Å². The van der Waals surface area contributed by atoms with E-state index in [1.54, 1.807) is 6.33 Å². The molecule has 0 spiro atoms. The summed E-state index contributed by atoms with van der Waals surface area (Å²) in [5, 5.41) is 3.42. The van der Waals surface area contributed by atoms with Crippen LogP contribution in [0.15, 0.2) is 30.6 Å². The van der Waals surface area contributed by atoms with Crippen LogP contribution in [0.4, 0.5) is 11.5 Å². The molecular formula is C14H14IN3. The average Bonchev–Trinajstić information content (AvgIpc) is 2.39. The Morgan fingerprint density at radius 1 is 1.11 bits per heavy atom. The van der Waals surface area contributed by atoms with Gasteiger partial charge in [0, 0.05) is 11.8 Å². The van der Waals surface area contributed by atoms with Gasteiger partial charge in [-0.1, -0.05) is 12.1 Å². The number of aromatic nitrogens is 2. The van der Waals surface area contributed by atoms with Gasteiger partial charge in [-0.25, -0.2) is 9.97 Å². The molecule has 0 radical (unpaired) electrons. The number of fused-ring (bicyclic) bond motifs is 1. The lowest BCUT2D eigenvalue weighted by Crippen LogP contribution is -2.06. The van der Waals surface area contributed by atoms with E-state index in [4.69, 9.17) is 0 Å². The topological polar surface area (TPSA) is 37.8 Å². The van der Waals surface area contributed by atoms with Crippen LogP contribution in [0.5, 0.6) is 0 Å². The van der Waals surface area contributed by atoms with Crippen molar-refractivity contribution in [3.63, 3.8) is 0 Å². The Labute approximate surface area is 120 Å². The van der Waals surface area contributed by atoms with Gasteiger partial charge in [-0.2, -0.15) is 0 Å². The molecule has 0 fully saturated rings. The van der Waals surface area contributed by atoms with E-state index in [-0.39, 0.29) is 0 Å². The zero-order chi connectivity index (χ0) is 12.4. The number of halogens is 1. The first-order chi connectivity index (χ1) is 8.83. The van der Waals surface area contributed by atoms with Crippen LogP contribution in [0.3, 0.4) is 0 Å². The van der Waals surface area contributed by atoms with E-state index < -0.39 is 0 Å². The van der Waals surface area contributed by atoms with Crippen LogP contribution in [0, 0.1) is 3.70 Å². The summed E-state index contributed by atoms with van der Waals surface area (Å²) in [7, 11) is 0. The van der Waals surface area contributed by atoms with Crippen molar-refractivity contribution in [3.8, 4) is 0 Å². The fourth-order valence-corrected chi connectivity index (χ4v) is 2.86. The highest BCUT2D eigenvalue weighted by Gasteiger charge is 2.13. The molecule has 1 aliphatic rings. The number of nitrogens with one attached hydrogen (secondary N) is 1. The van der Waals surface area contributed by atoms with Gasteiger partial charge >= 0.3 is 0 Å². The molecule has 4 heteroatoms. The molecule has 1 aromatic heterocycles. The van der Waals surface area contributed by atoms with Gasteiger partial charge in [-0.05, 0) is 65.5 Å². The van der Waals surface area contributed by atoms with Crippen LogP contribution in [0.2, 0.25) is 0 Å². The predicted octanol–water partition coefficient (Wildman–Crippen LogP) is 3.70. The first-order valence-corrected chi connectivity index (χ1v) is 7.26. The predicted molar refractivity (Wildman–Crippen MR) is 81.1 cm³/mol. The Balaban J connectivity index is 1.93. The van der Waals surface area contributed by atoms with Gasteiger partial charge in [0.05, 0.1) is 0 Å². The third kappa shape index (κ3) is 2.48. The number of anilines is 2. The van der Waals surface area contributed by atoms with Crippen molar-refractivity contribution >= 4 is 34.1 Å². The molecule has 3 rings (SSSR count). The summed E-state index contributed by atoms with van der Waals surface area (Å²) >= 11 is 2.20. The van der Waals surface area contributed by atoms with Crippen LogP contribution < -0.4 is 5.32 Å². The molecule has 1 aromatic carbocycles. The molecule has 0 atom stereocenters. The molecule has 2 aromatic rings. The monoisotopic (exact) mass is 351 g/mol. The van der Waals surface area contributed by atoms with E-state index >= 15 is 0 Å². The second-order valence-electron chi connectivity index (χ2n) is 4.50. The van der Waals surface area contributed by atoms with Crippen LogP contribution in [-0.4, -0.2) is 9.97 Å². The van der Waals surface area contributed by atoms with Crippen LogP contribution in [0.1, 0.15) is 24.0 Å². The summed E-state index contributed by atoms with van der Waals surface area (Å²) in [5.41, 5.74) is 4.13. The Kier molecular flexibility index (Phi) is 3.45. The minimum atomic E-state index is 0.869. The number of benzene rings is 1. The number of hydrogen-bond acceptors (Lipinski definition) is 3. The lowest BCUT2D eigenvalue weighted by molar-refractivity contribution is 0.687. The second kappa shape index (κ2) is 5.22. The number of rotatable bonds is 2. The maximum atomic E-state index is 4.26. The summed E-state index contributed by atoms with van der Waals surface area (Å²) in [5.74, 6) is 0.869. The minimum Gasteiger partial charge on any atom is -0.340 e. The summed E-state index contributed by atoms with van der Waals surface area (Å²) in [6, 6.07) is 8.46. The Bertz CT molecular complexity index is 569. The first kappa shape index (κ1) is 11.9. The van der Waals surface area contributed by atoms with E-state index in [0.717, 1.165) is 9.52 Å². The van der Waals surface area contributed by atoms with Gasteiger partial charge in [-0.15, -0.1) is 0 Å². The van der Waals surface area contributed by atoms with Crippen LogP contribution >= 0.6 is 22.6 Å². The molecule has 92 valence electrons. The third-order valence-electron chi connectivity index (χ3n) is 3.29. The minimum absolute atomic E-state index is 0.869. The lowest BCUT2D eigenvalue weighted by atomic mass is 9.90. The SMILES string of the molecule is Ic1cc(Nc2cccc3c2CCCC3)ncn1. The van der Waals surface area contributed by atoms with Crippen LogP contribution in [0.25, 0.3) is 0 Å². The zero-order valence-electron chi connectivity index (χ0n) is 9.99. The molecule has 18 heavy (non-hydrogen) atoms. The second-order valence-corrected chi connectivity index (χ2v) is 5.61. The fourth-order valence-electron chi connectivity index (χ4n) is 2.44. The largest absolute Gasteiger partial charge is 0.340 e. The Morgan fingerprint density at radius 3 is 2.89 bits per heavy atom. The maximum Gasteiger partial charge on any atom is 0.134 e. The van der Waals surface area contributed by atoms with Crippen molar-refractivity contribution in [2.45, 2.75) is 25.7 Å². The molecule has 1 N–H and O–H groups in total. The van der Waals surface area contributed by atoms with Crippen molar-refractivity contribution in [1.29, 1.82) is 0 Å². The molecule has 3 nitrogen and oxygen atoms in total. The zero-order valence-corrected chi connectivity index (χ0v) is 12.1. The van der Waals surface area contributed by atoms with Crippen molar-refractivity contribution in [3.05, 3.63) is 45.4 Å². The highest BCUT2D eigenvalue weighted by Crippen LogP contribution is 2.29. The van der Waals surface area contributed by atoms with Crippen molar-refractivity contribution in [2.24, 2.45) is 0 Å². The summed E-state index contributed by atoms with van der Waals surface area (Å²) < 4.78 is 0.954.